The highest BCUT2D eigenvalue weighted by Gasteiger charge is 2.38. The highest BCUT2D eigenvalue weighted by Crippen LogP contribution is 2.42. The van der Waals surface area contributed by atoms with Gasteiger partial charge in [0.2, 0.25) is 5.43 Å². The van der Waals surface area contributed by atoms with Crippen LogP contribution in [-0.4, -0.2) is 27.0 Å². The molecule has 2 heterocycles. The maximum atomic E-state index is 12.9. The van der Waals surface area contributed by atoms with Crippen LogP contribution in [0, 0.1) is 0 Å². The first-order valence-electron chi connectivity index (χ1n) is 8.25. The number of hydrogen-bond donors (Lipinski definition) is 3. The number of aliphatic hydroxyl groups is 1. The highest BCUT2D eigenvalue weighted by molar-refractivity contribution is 5.90. The minimum absolute atomic E-state index is 0.0461. The molecule has 6 nitrogen and oxygen atoms in total. The molecule has 1 aromatic heterocycles. The van der Waals surface area contributed by atoms with Crippen molar-refractivity contribution in [3.05, 3.63) is 52.4 Å². The van der Waals surface area contributed by atoms with Gasteiger partial charge in [0, 0.05) is 18.1 Å². The summed E-state index contributed by atoms with van der Waals surface area (Å²) in [5, 5.41) is 30.4. The van der Waals surface area contributed by atoms with E-state index in [4.69, 9.17) is 9.15 Å². The molecule has 134 valence electrons. The largest absolute Gasteiger partial charge is 0.508 e. The highest BCUT2D eigenvalue weighted by atomic mass is 16.5. The predicted octanol–water partition coefficient (Wildman–Crippen LogP) is 2.95. The molecule has 26 heavy (non-hydrogen) atoms. The fraction of sp³-hybridized carbons (Fsp3) is 0.250. The van der Waals surface area contributed by atoms with E-state index in [-0.39, 0.29) is 34.5 Å². The monoisotopic (exact) mass is 354 g/mol. The molecule has 1 aliphatic rings. The van der Waals surface area contributed by atoms with E-state index in [2.05, 4.69) is 0 Å². The molecule has 0 saturated heterocycles. The Labute approximate surface area is 148 Å². The Hall–Kier alpha value is -2.99. The first-order chi connectivity index (χ1) is 12.3. The quantitative estimate of drug-likeness (QED) is 0.621. The van der Waals surface area contributed by atoms with Crippen LogP contribution in [-0.2, 0) is 6.42 Å². The molecule has 1 atom stereocenters. The molecule has 0 amide bonds. The van der Waals surface area contributed by atoms with Crippen molar-refractivity contribution < 1.29 is 24.5 Å². The van der Waals surface area contributed by atoms with E-state index in [1.165, 1.54) is 18.4 Å². The number of phenols is 2. The first kappa shape index (κ1) is 16.5. The zero-order chi connectivity index (χ0) is 18.6. The average Bonchev–Trinajstić information content (AvgIpc) is 2.58. The molecule has 0 bridgehead atoms. The summed E-state index contributed by atoms with van der Waals surface area (Å²) in [5.74, 6) is 0.247. The Morgan fingerprint density at radius 3 is 2.54 bits per heavy atom. The summed E-state index contributed by atoms with van der Waals surface area (Å²) in [6.45, 7) is 3.51. The van der Waals surface area contributed by atoms with E-state index in [1.807, 2.05) is 0 Å². The van der Waals surface area contributed by atoms with Crippen molar-refractivity contribution in [1.29, 1.82) is 0 Å². The number of aromatic hydroxyl groups is 2. The third-order valence-electron chi connectivity index (χ3n) is 4.86. The molecule has 0 aliphatic carbocycles. The van der Waals surface area contributed by atoms with Crippen LogP contribution in [0.4, 0.5) is 0 Å². The predicted molar refractivity (Wildman–Crippen MR) is 95.7 cm³/mol. The summed E-state index contributed by atoms with van der Waals surface area (Å²) in [6, 6.07) is 7.70. The molecule has 3 aromatic rings. The van der Waals surface area contributed by atoms with Gasteiger partial charge in [-0.1, -0.05) is 12.1 Å². The van der Waals surface area contributed by atoms with Gasteiger partial charge in [-0.25, -0.2) is 0 Å². The summed E-state index contributed by atoms with van der Waals surface area (Å²) in [4.78, 5) is 12.9. The number of benzene rings is 2. The fourth-order valence-electron chi connectivity index (χ4n) is 3.20. The lowest BCUT2D eigenvalue weighted by Gasteiger charge is -2.37. The third kappa shape index (κ3) is 2.42. The molecular formula is C20H18O6. The van der Waals surface area contributed by atoms with E-state index in [1.54, 1.807) is 32.0 Å². The summed E-state index contributed by atoms with van der Waals surface area (Å²) >= 11 is 0. The van der Waals surface area contributed by atoms with Crippen molar-refractivity contribution in [2.45, 2.75) is 32.0 Å². The van der Waals surface area contributed by atoms with Crippen molar-refractivity contribution in [2.24, 2.45) is 0 Å². The minimum atomic E-state index is -0.814. The topological polar surface area (TPSA) is 100 Å². The van der Waals surface area contributed by atoms with Crippen molar-refractivity contribution in [2.75, 3.05) is 0 Å². The van der Waals surface area contributed by atoms with E-state index >= 15 is 0 Å². The second kappa shape index (κ2) is 5.51. The van der Waals surface area contributed by atoms with Gasteiger partial charge in [-0.2, -0.15) is 0 Å². The Morgan fingerprint density at radius 1 is 1.15 bits per heavy atom. The Bertz CT molecular complexity index is 1060. The maximum absolute atomic E-state index is 12.9. The SMILES string of the molecule is CC1(C)Oc2cc3occ(-c4ccc(O)cc4)c(=O)c3c(O)c2C[C@@H]1O. The molecule has 1 aliphatic heterocycles. The molecule has 2 aromatic carbocycles. The van der Waals surface area contributed by atoms with Crippen LogP contribution >= 0.6 is 0 Å². The number of ether oxygens (including phenoxy) is 1. The van der Waals surface area contributed by atoms with E-state index in [9.17, 15) is 20.1 Å². The first-order valence-corrected chi connectivity index (χ1v) is 8.25. The van der Waals surface area contributed by atoms with Crippen molar-refractivity contribution in [1.82, 2.24) is 0 Å². The molecule has 4 rings (SSSR count). The molecule has 0 radical (unpaired) electrons. The van der Waals surface area contributed by atoms with Crippen LogP contribution in [0.15, 0.2) is 45.8 Å². The lowest BCUT2D eigenvalue weighted by Crippen LogP contribution is -2.46. The molecule has 0 fully saturated rings. The van der Waals surface area contributed by atoms with Gasteiger partial charge in [0.15, 0.2) is 0 Å². The van der Waals surface area contributed by atoms with Gasteiger partial charge >= 0.3 is 0 Å². The summed E-state index contributed by atoms with van der Waals surface area (Å²) < 4.78 is 11.4. The molecule has 0 saturated carbocycles. The number of phenolic OH excluding ortho intramolecular Hbond substituents is 2. The van der Waals surface area contributed by atoms with Crippen molar-refractivity contribution in [3.8, 4) is 28.4 Å². The lowest BCUT2D eigenvalue weighted by molar-refractivity contribution is -0.0415. The van der Waals surface area contributed by atoms with E-state index in [0.717, 1.165) is 0 Å². The Balaban J connectivity index is 1.95. The van der Waals surface area contributed by atoms with E-state index < -0.39 is 17.1 Å². The van der Waals surface area contributed by atoms with E-state index in [0.29, 0.717) is 16.9 Å². The third-order valence-corrected chi connectivity index (χ3v) is 4.86. The van der Waals surface area contributed by atoms with Gasteiger partial charge in [-0.3, -0.25) is 4.79 Å². The normalized spacial score (nSPS) is 18.3. The van der Waals surface area contributed by atoms with Crippen LogP contribution in [0.2, 0.25) is 0 Å². The average molecular weight is 354 g/mol. The summed E-state index contributed by atoms with van der Waals surface area (Å²) in [5.41, 5.74) is 0.231. The van der Waals surface area contributed by atoms with Crippen LogP contribution in [0.5, 0.6) is 17.2 Å². The Morgan fingerprint density at radius 2 is 1.85 bits per heavy atom. The summed E-state index contributed by atoms with van der Waals surface area (Å²) in [6.07, 6.45) is 0.684. The smallest absolute Gasteiger partial charge is 0.204 e. The molecule has 0 spiro atoms. The van der Waals surface area contributed by atoms with Gasteiger partial charge in [0.05, 0.1) is 11.7 Å². The molecular weight excluding hydrogens is 336 g/mol. The number of aliphatic hydroxyl groups excluding tert-OH is 1. The molecule has 0 unspecified atom stereocenters. The number of rotatable bonds is 1. The summed E-state index contributed by atoms with van der Waals surface area (Å²) in [7, 11) is 0. The van der Waals surface area contributed by atoms with Crippen LogP contribution < -0.4 is 10.2 Å². The second-order valence-electron chi connectivity index (χ2n) is 7.03. The Kier molecular flexibility index (Phi) is 3.49. The zero-order valence-electron chi connectivity index (χ0n) is 14.3. The number of fused-ring (bicyclic) bond motifs is 2. The van der Waals surface area contributed by atoms with Gasteiger partial charge in [0.1, 0.15) is 40.1 Å². The van der Waals surface area contributed by atoms with Crippen LogP contribution in [0.1, 0.15) is 19.4 Å². The molecule has 6 heteroatoms. The maximum Gasteiger partial charge on any atom is 0.204 e. The lowest BCUT2D eigenvalue weighted by atomic mass is 9.89. The number of hydrogen-bond acceptors (Lipinski definition) is 6. The molecule has 3 N–H and O–H groups in total. The van der Waals surface area contributed by atoms with Crippen LogP contribution in [0.3, 0.4) is 0 Å². The van der Waals surface area contributed by atoms with Crippen molar-refractivity contribution in [3.63, 3.8) is 0 Å². The van der Waals surface area contributed by atoms with Gasteiger partial charge in [0.25, 0.3) is 0 Å². The second-order valence-corrected chi connectivity index (χ2v) is 7.03. The van der Waals surface area contributed by atoms with Gasteiger partial charge in [-0.05, 0) is 31.5 Å². The fourth-order valence-corrected chi connectivity index (χ4v) is 3.20. The minimum Gasteiger partial charge on any atom is -0.508 e. The van der Waals surface area contributed by atoms with Crippen molar-refractivity contribution >= 4 is 11.0 Å². The van der Waals surface area contributed by atoms with Gasteiger partial charge in [-0.15, -0.1) is 0 Å². The standard InChI is InChI=1S/C20H18O6/c1-20(2)16(22)7-12-14(26-20)8-15-17(18(12)23)19(24)13(9-25-15)10-3-5-11(21)6-4-10/h3-6,8-9,16,21-23H,7H2,1-2H3/t16-/m0/s1. The van der Waals surface area contributed by atoms with Crippen LogP contribution in [0.25, 0.3) is 22.1 Å². The van der Waals surface area contributed by atoms with Gasteiger partial charge < -0.3 is 24.5 Å². The zero-order valence-corrected chi connectivity index (χ0v) is 14.3.